The second-order valence-corrected chi connectivity index (χ2v) is 5.53. The maximum Gasteiger partial charge on any atom is 0.205 e. The first-order valence-corrected chi connectivity index (χ1v) is 6.94. The van der Waals surface area contributed by atoms with Crippen molar-refractivity contribution in [2.45, 2.75) is 6.92 Å². The third-order valence-electron chi connectivity index (χ3n) is 3.29. The molecule has 1 aromatic heterocycles. The smallest absolute Gasteiger partial charge is 0.205 e. The summed E-state index contributed by atoms with van der Waals surface area (Å²) in [5.74, 6) is -0.127. The van der Waals surface area contributed by atoms with Gasteiger partial charge in [-0.1, -0.05) is 0 Å². The minimum Gasteiger partial charge on any atom is -0.369 e. The van der Waals surface area contributed by atoms with Crippen molar-refractivity contribution in [2.24, 2.45) is 0 Å². The van der Waals surface area contributed by atoms with Gasteiger partial charge in [0.05, 0.1) is 32.8 Å². The number of rotatable bonds is 1. The number of hydrogen-bond donors (Lipinski definition) is 1. The maximum atomic E-state index is 13.9. The molecule has 6 heteroatoms. The number of aromatic nitrogens is 2. The van der Waals surface area contributed by atoms with Crippen LogP contribution in [-0.4, -0.2) is 9.55 Å². The molecule has 1 heterocycles. The van der Waals surface area contributed by atoms with Crippen molar-refractivity contribution in [3.05, 3.63) is 51.7 Å². The van der Waals surface area contributed by atoms with Gasteiger partial charge in [-0.15, -0.1) is 0 Å². The van der Waals surface area contributed by atoms with E-state index in [4.69, 9.17) is 11.0 Å². The highest BCUT2D eigenvalue weighted by molar-refractivity contribution is 9.10. The summed E-state index contributed by atoms with van der Waals surface area (Å²) < 4.78 is 15.9. The summed E-state index contributed by atoms with van der Waals surface area (Å²) in [6.45, 7) is 1.86. The van der Waals surface area contributed by atoms with E-state index < -0.39 is 0 Å². The lowest BCUT2D eigenvalue weighted by molar-refractivity contribution is 0.619. The Labute approximate surface area is 128 Å². The Bertz CT molecular complexity index is 908. The monoisotopic (exact) mass is 344 g/mol. The van der Waals surface area contributed by atoms with Gasteiger partial charge in [0.2, 0.25) is 5.95 Å². The van der Waals surface area contributed by atoms with Gasteiger partial charge in [0.1, 0.15) is 5.82 Å². The number of anilines is 1. The molecule has 2 aromatic carbocycles. The first-order valence-electron chi connectivity index (χ1n) is 6.15. The van der Waals surface area contributed by atoms with Gasteiger partial charge in [0.25, 0.3) is 0 Å². The number of imidazole rings is 1. The Hall–Kier alpha value is -2.39. The molecular formula is C15H10BrFN4. The fourth-order valence-electron chi connectivity index (χ4n) is 2.29. The molecule has 4 nitrogen and oxygen atoms in total. The number of nitrogens with zero attached hydrogens (tertiary/aromatic N) is 3. The highest BCUT2D eigenvalue weighted by Gasteiger charge is 2.14. The summed E-state index contributed by atoms with van der Waals surface area (Å²) in [6.07, 6.45) is 0. The number of nitriles is 1. The van der Waals surface area contributed by atoms with Crippen LogP contribution in [0.5, 0.6) is 0 Å². The number of nitrogens with two attached hydrogens (primary N) is 1. The van der Waals surface area contributed by atoms with Crippen LogP contribution in [0, 0.1) is 24.1 Å². The van der Waals surface area contributed by atoms with E-state index in [1.807, 2.05) is 6.92 Å². The van der Waals surface area contributed by atoms with E-state index in [1.165, 1.54) is 6.07 Å². The van der Waals surface area contributed by atoms with Crippen molar-refractivity contribution in [1.29, 1.82) is 5.26 Å². The quantitative estimate of drug-likeness (QED) is 0.731. The molecule has 104 valence electrons. The molecule has 0 aliphatic heterocycles. The molecule has 3 rings (SSSR count). The lowest BCUT2D eigenvalue weighted by Crippen LogP contribution is -2.03. The lowest BCUT2D eigenvalue weighted by atomic mass is 10.1. The Kier molecular flexibility index (Phi) is 3.15. The topological polar surface area (TPSA) is 67.6 Å². The van der Waals surface area contributed by atoms with Gasteiger partial charge in [-0.25, -0.2) is 9.37 Å². The van der Waals surface area contributed by atoms with Crippen molar-refractivity contribution in [2.75, 3.05) is 5.73 Å². The second-order valence-electron chi connectivity index (χ2n) is 4.67. The number of hydrogen-bond acceptors (Lipinski definition) is 3. The zero-order chi connectivity index (χ0) is 15.1. The molecule has 0 aliphatic rings. The average molecular weight is 345 g/mol. The van der Waals surface area contributed by atoms with E-state index in [0.717, 1.165) is 5.56 Å². The molecule has 0 fully saturated rings. The number of aryl methyl sites for hydroxylation is 1. The molecule has 3 aromatic rings. The fourth-order valence-corrected chi connectivity index (χ4v) is 2.75. The summed E-state index contributed by atoms with van der Waals surface area (Å²) in [6, 6.07) is 10.3. The Morgan fingerprint density at radius 1 is 1.33 bits per heavy atom. The fraction of sp³-hybridized carbons (Fsp3) is 0.0667. The van der Waals surface area contributed by atoms with Crippen LogP contribution in [0.15, 0.2) is 34.8 Å². The van der Waals surface area contributed by atoms with Gasteiger partial charge in [0.15, 0.2) is 0 Å². The number of halogens is 2. The van der Waals surface area contributed by atoms with Crippen LogP contribution in [0.25, 0.3) is 16.7 Å². The molecule has 0 amide bonds. The Balaban J connectivity index is 2.37. The van der Waals surface area contributed by atoms with Crippen LogP contribution in [0.3, 0.4) is 0 Å². The predicted octanol–water partition coefficient (Wildman–Crippen LogP) is 3.69. The van der Waals surface area contributed by atoms with Crippen LogP contribution in [0.2, 0.25) is 0 Å². The maximum absolute atomic E-state index is 13.9. The Morgan fingerprint density at radius 3 is 2.81 bits per heavy atom. The molecule has 2 N–H and O–H groups in total. The highest BCUT2D eigenvalue weighted by Crippen LogP contribution is 2.29. The number of nitrogen functional groups attached to an aromatic ring is 1. The first kappa shape index (κ1) is 13.6. The third kappa shape index (κ3) is 2.16. The normalized spacial score (nSPS) is 10.8. The van der Waals surface area contributed by atoms with Crippen LogP contribution in [-0.2, 0) is 0 Å². The average Bonchev–Trinajstić information content (AvgIpc) is 2.78. The number of fused-ring (bicyclic) bond motifs is 1. The summed E-state index contributed by atoms with van der Waals surface area (Å²) in [4.78, 5) is 4.26. The van der Waals surface area contributed by atoms with Gasteiger partial charge in [0, 0.05) is 0 Å². The summed E-state index contributed by atoms with van der Waals surface area (Å²) in [7, 11) is 0. The summed E-state index contributed by atoms with van der Waals surface area (Å²) >= 11 is 3.16. The molecule has 0 aliphatic carbocycles. The standard InChI is InChI=1S/C15H10BrFN4/c1-8-4-10(16)11(17)6-13(8)21-14-5-9(7-18)2-3-12(14)20-15(21)19/h2-6H,1H3,(H2,19,20). The van der Waals surface area contributed by atoms with E-state index in [9.17, 15) is 4.39 Å². The zero-order valence-corrected chi connectivity index (χ0v) is 12.6. The third-order valence-corrected chi connectivity index (χ3v) is 3.90. The number of benzene rings is 2. The second kappa shape index (κ2) is 4.86. The van der Waals surface area contributed by atoms with Gasteiger partial charge >= 0.3 is 0 Å². The van der Waals surface area contributed by atoms with Crippen LogP contribution >= 0.6 is 15.9 Å². The van der Waals surface area contributed by atoms with Crippen molar-refractivity contribution in [1.82, 2.24) is 9.55 Å². The Morgan fingerprint density at radius 2 is 2.10 bits per heavy atom. The molecule has 0 saturated heterocycles. The first-order chi connectivity index (χ1) is 10.0. The van der Waals surface area contributed by atoms with Gasteiger partial charge in [-0.3, -0.25) is 4.57 Å². The van der Waals surface area contributed by atoms with Gasteiger partial charge in [-0.05, 0) is 58.7 Å². The lowest BCUT2D eigenvalue weighted by Gasteiger charge is -2.11. The predicted molar refractivity (Wildman–Crippen MR) is 82.6 cm³/mol. The summed E-state index contributed by atoms with van der Waals surface area (Å²) in [5.41, 5.74) is 9.25. The molecular weight excluding hydrogens is 335 g/mol. The minimum absolute atomic E-state index is 0.255. The van der Waals surface area contributed by atoms with E-state index in [2.05, 4.69) is 27.0 Å². The van der Waals surface area contributed by atoms with E-state index in [0.29, 0.717) is 26.8 Å². The van der Waals surface area contributed by atoms with Crippen molar-refractivity contribution < 1.29 is 4.39 Å². The van der Waals surface area contributed by atoms with Gasteiger partial charge < -0.3 is 5.73 Å². The van der Waals surface area contributed by atoms with Crippen molar-refractivity contribution >= 4 is 32.9 Å². The SMILES string of the molecule is Cc1cc(Br)c(F)cc1-n1c(N)nc2ccc(C#N)cc21. The largest absolute Gasteiger partial charge is 0.369 e. The summed E-state index contributed by atoms with van der Waals surface area (Å²) in [5, 5.41) is 9.02. The molecule has 0 radical (unpaired) electrons. The van der Waals surface area contributed by atoms with E-state index in [1.54, 1.807) is 28.8 Å². The zero-order valence-electron chi connectivity index (χ0n) is 11.1. The van der Waals surface area contributed by atoms with Crippen LogP contribution < -0.4 is 5.73 Å². The van der Waals surface area contributed by atoms with Crippen molar-refractivity contribution in [3.63, 3.8) is 0 Å². The minimum atomic E-state index is -0.381. The van der Waals surface area contributed by atoms with Crippen molar-refractivity contribution in [3.8, 4) is 11.8 Å². The molecule has 0 bridgehead atoms. The highest BCUT2D eigenvalue weighted by atomic mass is 79.9. The molecule has 0 saturated carbocycles. The van der Waals surface area contributed by atoms with E-state index in [-0.39, 0.29) is 11.8 Å². The molecule has 0 unspecified atom stereocenters. The van der Waals surface area contributed by atoms with Crippen LogP contribution in [0.4, 0.5) is 10.3 Å². The van der Waals surface area contributed by atoms with E-state index >= 15 is 0 Å². The molecule has 21 heavy (non-hydrogen) atoms. The van der Waals surface area contributed by atoms with Crippen LogP contribution in [0.1, 0.15) is 11.1 Å². The molecule has 0 spiro atoms. The molecule has 0 atom stereocenters. The van der Waals surface area contributed by atoms with Gasteiger partial charge in [-0.2, -0.15) is 5.26 Å².